The molecule has 0 aliphatic rings. The zero-order chi connectivity index (χ0) is 19.2. The maximum absolute atomic E-state index is 11.9. The quantitative estimate of drug-likeness (QED) is 0.416. The summed E-state index contributed by atoms with van der Waals surface area (Å²) in [4.78, 5) is 11.9. The molecule has 0 aliphatic carbocycles. The van der Waals surface area contributed by atoms with Gasteiger partial charge in [0.25, 0.3) is 5.91 Å². The van der Waals surface area contributed by atoms with Gasteiger partial charge < -0.3 is 9.30 Å². The van der Waals surface area contributed by atoms with E-state index in [2.05, 4.69) is 48.5 Å². The van der Waals surface area contributed by atoms with Gasteiger partial charge >= 0.3 is 0 Å². The van der Waals surface area contributed by atoms with Gasteiger partial charge in [0.2, 0.25) is 0 Å². The molecule has 8 heteroatoms. The lowest BCUT2D eigenvalue weighted by atomic mass is 10.2. The molecular formula is C19H14Br2N4O2. The Morgan fingerprint density at radius 2 is 2.11 bits per heavy atom. The highest BCUT2D eigenvalue weighted by Crippen LogP contribution is 2.28. The predicted octanol–water partition coefficient (Wildman–Crippen LogP) is 4.22. The first-order chi connectivity index (χ1) is 13.1. The van der Waals surface area contributed by atoms with E-state index in [4.69, 9.17) is 10.00 Å². The maximum Gasteiger partial charge on any atom is 0.277 e. The van der Waals surface area contributed by atoms with Gasteiger partial charge in [-0.05, 0) is 40.2 Å². The van der Waals surface area contributed by atoms with E-state index < -0.39 is 0 Å². The van der Waals surface area contributed by atoms with Crippen molar-refractivity contribution in [1.29, 1.82) is 5.26 Å². The van der Waals surface area contributed by atoms with Crippen molar-refractivity contribution in [3.05, 3.63) is 63.2 Å². The lowest BCUT2D eigenvalue weighted by molar-refractivity contribution is -0.123. The Kier molecular flexibility index (Phi) is 6.27. The second-order valence-corrected chi connectivity index (χ2v) is 7.31. The van der Waals surface area contributed by atoms with Crippen molar-refractivity contribution in [3.63, 3.8) is 0 Å². The van der Waals surface area contributed by atoms with Gasteiger partial charge in [0.1, 0.15) is 12.3 Å². The summed E-state index contributed by atoms with van der Waals surface area (Å²) in [6.07, 6.45) is 3.39. The molecule has 0 aliphatic heterocycles. The van der Waals surface area contributed by atoms with Gasteiger partial charge in [0.15, 0.2) is 6.61 Å². The summed E-state index contributed by atoms with van der Waals surface area (Å²) in [5, 5.41) is 13.9. The van der Waals surface area contributed by atoms with Crippen molar-refractivity contribution < 1.29 is 9.53 Å². The lowest BCUT2D eigenvalue weighted by Gasteiger charge is -2.07. The number of hydrogen-bond donors (Lipinski definition) is 1. The molecule has 3 aromatic rings. The van der Waals surface area contributed by atoms with E-state index in [1.165, 1.54) is 0 Å². The number of carbonyl (C=O) groups excluding carboxylic acids is 1. The number of nitrogens with one attached hydrogen (secondary N) is 1. The van der Waals surface area contributed by atoms with Crippen LogP contribution in [0.1, 0.15) is 5.56 Å². The van der Waals surface area contributed by atoms with Crippen molar-refractivity contribution in [2.75, 3.05) is 6.61 Å². The second kappa shape index (κ2) is 8.84. The summed E-state index contributed by atoms with van der Waals surface area (Å²) in [5.74, 6) is 0.193. The predicted molar refractivity (Wildman–Crippen MR) is 111 cm³/mol. The highest BCUT2D eigenvalue weighted by Gasteiger charge is 2.07. The number of nitrogens with zero attached hydrogens (tertiary/aromatic N) is 3. The van der Waals surface area contributed by atoms with Crippen molar-refractivity contribution >= 4 is 54.9 Å². The molecule has 2 aromatic carbocycles. The fourth-order valence-corrected chi connectivity index (χ4v) is 3.69. The zero-order valence-electron chi connectivity index (χ0n) is 14.0. The van der Waals surface area contributed by atoms with E-state index in [0.717, 1.165) is 25.4 Å². The molecule has 136 valence electrons. The van der Waals surface area contributed by atoms with Crippen LogP contribution in [0, 0.1) is 11.3 Å². The largest absolute Gasteiger partial charge is 0.483 e. The minimum atomic E-state index is -0.373. The minimum Gasteiger partial charge on any atom is -0.483 e. The van der Waals surface area contributed by atoms with E-state index in [9.17, 15) is 4.79 Å². The number of fused-ring (bicyclic) bond motifs is 1. The van der Waals surface area contributed by atoms with E-state index >= 15 is 0 Å². The molecule has 0 radical (unpaired) electrons. The number of ether oxygens (including phenoxy) is 1. The van der Waals surface area contributed by atoms with Crippen LogP contribution in [0.15, 0.2) is 62.7 Å². The van der Waals surface area contributed by atoms with Gasteiger partial charge in [0.05, 0.1) is 16.8 Å². The summed E-state index contributed by atoms with van der Waals surface area (Å²) in [5.41, 5.74) is 4.20. The average Bonchev–Trinajstić information content (AvgIpc) is 2.99. The first-order valence-electron chi connectivity index (χ1n) is 7.93. The topological polar surface area (TPSA) is 79.4 Å². The third kappa shape index (κ3) is 4.76. The molecule has 0 saturated heterocycles. The normalized spacial score (nSPS) is 10.9. The molecule has 0 bridgehead atoms. The number of halogens is 2. The Labute approximate surface area is 172 Å². The van der Waals surface area contributed by atoms with E-state index in [0.29, 0.717) is 5.75 Å². The number of aromatic nitrogens is 1. The Hall–Kier alpha value is -2.63. The highest BCUT2D eigenvalue weighted by molar-refractivity contribution is 9.11. The standard InChI is InChI=1S/C19H14Br2N4O2/c20-14-5-6-18(16(21)9-14)27-12-19(26)24-23-10-13-11-25(8-7-22)17-4-2-1-3-15(13)17/h1-6,9-11H,8,12H2,(H,24,26). The Morgan fingerprint density at radius 1 is 1.30 bits per heavy atom. The molecule has 1 aromatic heterocycles. The SMILES string of the molecule is N#CCn1cc(C=NNC(=O)COc2ccc(Br)cc2Br)c2ccccc21. The van der Waals surface area contributed by atoms with Crippen LogP contribution in [0.25, 0.3) is 10.9 Å². The monoisotopic (exact) mass is 488 g/mol. The number of nitriles is 1. The van der Waals surface area contributed by atoms with E-state index in [1.54, 1.807) is 12.3 Å². The second-order valence-electron chi connectivity index (χ2n) is 5.54. The fraction of sp³-hybridized carbons (Fsp3) is 0.105. The van der Waals surface area contributed by atoms with Crippen LogP contribution in [-0.2, 0) is 11.3 Å². The van der Waals surface area contributed by atoms with Crippen LogP contribution in [0.4, 0.5) is 0 Å². The number of benzene rings is 2. The summed E-state index contributed by atoms with van der Waals surface area (Å²) in [6.45, 7) is 0.0877. The van der Waals surface area contributed by atoms with Gasteiger partial charge in [-0.3, -0.25) is 4.79 Å². The van der Waals surface area contributed by atoms with Crippen molar-refractivity contribution in [1.82, 2.24) is 9.99 Å². The van der Waals surface area contributed by atoms with Crippen LogP contribution < -0.4 is 10.2 Å². The molecule has 6 nitrogen and oxygen atoms in total. The first kappa shape index (κ1) is 19.1. The van der Waals surface area contributed by atoms with Crippen molar-refractivity contribution in [3.8, 4) is 11.8 Å². The van der Waals surface area contributed by atoms with Crippen LogP contribution in [0.5, 0.6) is 5.75 Å². The third-order valence-corrected chi connectivity index (χ3v) is 4.82. The van der Waals surface area contributed by atoms with Gasteiger partial charge in [-0.25, -0.2) is 5.43 Å². The molecule has 1 N–H and O–H groups in total. The molecule has 1 amide bonds. The highest BCUT2D eigenvalue weighted by atomic mass is 79.9. The summed E-state index contributed by atoms with van der Waals surface area (Å²) >= 11 is 6.73. The molecule has 0 unspecified atom stereocenters. The van der Waals surface area contributed by atoms with Crippen molar-refractivity contribution in [2.45, 2.75) is 6.54 Å². The van der Waals surface area contributed by atoms with E-state index in [1.807, 2.05) is 47.2 Å². The Bertz CT molecular complexity index is 1050. The Balaban J connectivity index is 1.63. The molecule has 0 atom stereocenters. The van der Waals surface area contributed by atoms with Gasteiger partial charge in [-0.15, -0.1) is 0 Å². The third-order valence-electron chi connectivity index (χ3n) is 3.71. The van der Waals surface area contributed by atoms with Gasteiger partial charge in [-0.1, -0.05) is 34.1 Å². The number of hydrazone groups is 1. The minimum absolute atomic E-state index is 0.159. The number of amides is 1. The summed E-state index contributed by atoms with van der Waals surface area (Å²) in [6, 6.07) is 15.3. The van der Waals surface area contributed by atoms with E-state index in [-0.39, 0.29) is 19.1 Å². The Morgan fingerprint density at radius 3 is 2.89 bits per heavy atom. The number of para-hydroxylation sites is 1. The molecule has 1 heterocycles. The van der Waals surface area contributed by atoms with Crippen LogP contribution in [0.3, 0.4) is 0 Å². The molecule has 0 spiro atoms. The lowest BCUT2D eigenvalue weighted by Crippen LogP contribution is -2.24. The van der Waals surface area contributed by atoms with Crippen LogP contribution >= 0.6 is 31.9 Å². The molecular weight excluding hydrogens is 476 g/mol. The zero-order valence-corrected chi connectivity index (χ0v) is 17.2. The maximum atomic E-state index is 11.9. The smallest absolute Gasteiger partial charge is 0.277 e. The van der Waals surface area contributed by atoms with Crippen molar-refractivity contribution in [2.24, 2.45) is 5.10 Å². The van der Waals surface area contributed by atoms with Crippen LogP contribution in [0.2, 0.25) is 0 Å². The first-order valence-corrected chi connectivity index (χ1v) is 9.51. The summed E-state index contributed by atoms with van der Waals surface area (Å²) < 4.78 is 8.97. The number of carbonyl (C=O) groups is 1. The summed E-state index contributed by atoms with van der Waals surface area (Å²) in [7, 11) is 0. The number of rotatable bonds is 6. The van der Waals surface area contributed by atoms with Gasteiger partial charge in [-0.2, -0.15) is 10.4 Å². The molecule has 3 rings (SSSR count). The van der Waals surface area contributed by atoms with Crippen LogP contribution in [-0.4, -0.2) is 23.3 Å². The molecule has 0 fully saturated rings. The number of hydrogen-bond acceptors (Lipinski definition) is 4. The molecule has 0 saturated carbocycles. The fourth-order valence-electron chi connectivity index (χ4n) is 2.53. The molecule has 27 heavy (non-hydrogen) atoms. The average molecular weight is 490 g/mol. The van der Waals surface area contributed by atoms with Gasteiger partial charge in [0, 0.05) is 27.1 Å².